The van der Waals surface area contributed by atoms with Gasteiger partial charge in [0.05, 0.1) is 0 Å². The highest BCUT2D eigenvalue weighted by Crippen LogP contribution is 2.23. The Morgan fingerprint density at radius 2 is 1.50 bits per heavy atom. The molecular formula is C18H16Cl3N3O2. The van der Waals surface area contributed by atoms with E-state index in [1.807, 2.05) is 24.3 Å². The molecule has 0 saturated carbocycles. The topological polar surface area (TPSA) is 52.7 Å². The van der Waals surface area contributed by atoms with Gasteiger partial charge in [0.25, 0.3) is 0 Å². The van der Waals surface area contributed by atoms with E-state index in [2.05, 4.69) is 10.2 Å². The summed E-state index contributed by atoms with van der Waals surface area (Å²) in [4.78, 5) is 28.2. The minimum absolute atomic E-state index is 0.385. The van der Waals surface area contributed by atoms with Gasteiger partial charge >= 0.3 is 11.8 Å². The minimum Gasteiger partial charge on any atom is -0.368 e. The summed E-state index contributed by atoms with van der Waals surface area (Å²) in [5, 5.41) is 3.98. The summed E-state index contributed by atoms with van der Waals surface area (Å²) in [6.07, 6.45) is 0. The molecule has 1 aliphatic heterocycles. The molecule has 8 heteroatoms. The molecule has 0 aliphatic carbocycles. The highest BCUT2D eigenvalue weighted by atomic mass is 35.5. The molecule has 3 rings (SSSR count). The number of hydrogen-bond donors (Lipinski definition) is 1. The number of rotatable bonds is 2. The summed E-state index contributed by atoms with van der Waals surface area (Å²) in [5.74, 6) is -1.29. The first-order chi connectivity index (χ1) is 12.4. The Hall–Kier alpha value is -1.95. The quantitative estimate of drug-likeness (QED) is 0.760. The predicted molar refractivity (Wildman–Crippen MR) is 105 cm³/mol. The molecule has 136 valence electrons. The number of nitrogens with one attached hydrogen (secondary N) is 1. The van der Waals surface area contributed by atoms with Crippen LogP contribution in [-0.4, -0.2) is 42.9 Å². The molecule has 1 N–H and O–H groups in total. The number of anilines is 2. The van der Waals surface area contributed by atoms with Gasteiger partial charge in [-0.1, -0.05) is 40.9 Å². The average molecular weight is 413 g/mol. The van der Waals surface area contributed by atoms with Crippen molar-refractivity contribution in [2.75, 3.05) is 36.4 Å². The Labute approximate surface area is 166 Å². The largest absolute Gasteiger partial charge is 0.368 e. The first-order valence-electron chi connectivity index (χ1n) is 7.99. The fraction of sp³-hybridized carbons (Fsp3) is 0.222. The van der Waals surface area contributed by atoms with Crippen LogP contribution >= 0.6 is 34.8 Å². The molecule has 0 spiro atoms. The summed E-state index contributed by atoms with van der Waals surface area (Å²) < 4.78 is 0. The van der Waals surface area contributed by atoms with E-state index < -0.39 is 11.8 Å². The second-order valence-electron chi connectivity index (χ2n) is 5.87. The van der Waals surface area contributed by atoms with Gasteiger partial charge in [-0.2, -0.15) is 0 Å². The second-order valence-corrected chi connectivity index (χ2v) is 7.18. The first-order valence-corrected chi connectivity index (χ1v) is 9.12. The molecule has 2 aromatic carbocycles. The van der Waals surface area contributed by atoms with Crippen molar-refractivity contribution in [1.29, 1.82) is 0 Å². The first kappa shape index (κ1) is 18.8. The van der Waals surface area contributed by atoms with Gasteiger partial charge in [0, 0.05) is 52.6 Å². The van der Waals surface area contributed by atoms with E-state index in [4.69, 9.17) is 34.8 Å². The Kier molecular flexibility index (Phi) is 5.91. The summed E-state index contributed by atoms with van der Waals surface area (Å²) in [7, 11) is 0. The zero-order valence-electron chi connectivity index (χ0n) is 13.7. The van der Waals surface area contributed by atoms with Crippen LogP contribution in [0.3, 0.4) is 0 Å². The third-order valence-corrected chi connectivity index (χ3v) is 4.73. The number of carbonyl (C=O) groups is 2. The van der Waals surface area contributed by atoms with Crippen molar-refractivity contribution in [2.45, 2.75) is 0 Å². The average Bonchev–Trinajstić information content (AvgIpc) is 2.60. The number of carbonyl (C=O) groups excluding carboxylic acids is 2. The van der Waals surface area contributed by atoms with Crippen LogP contribution < -0.4 is 10.2 Å². The van der Waals surface area contributed by atoms with Gasteiger partial charge in [0.15, 0.2) is 0 Å². The minimum atomic E-state index is -0.709. The maximum atomic E-state index is 12.4. The molecule has 0 bridgehead atoms. The number of amides is 2. The van der Waals surface area contributed by atoms with Crippen molar-refractivity contribution in [1.82, 2.24) is 4.90 Å². The third-order valence-electron chi connectivity index (χ3n) is 4.05. The van der Waals surface area contributed by atoms with Crippen LogP contribution in [0.5, 0.6) is 0 Å². The predicted octanol–water partition coefficient (Wildman–Crippen LogP) is 3.93. The molecule has 26 heavy (non-hydrogen) atoms. The van der Waals surface area contributed by atoms with Gasteiger partial charge < -0.3 is 15.1 Å². The summed E-state index contributed by atoms with van der Waals surface area (Å²) in [6, 6.07) is 12.2. The van der Waals surface area contributed by atoms with Gasteiger partial charge in [-0.15, -0.1) is 0 Å². The molecule has 0 radical (unpaired) electrons. The zero-order valence-corrected chi connectivity index (χ0v) is 16.0. The van der Waals surface area contributed by atoms with Crippen LogP contribution in [0.4, 0.5) is 11.4 Å². The van der Waals surface area contributed by atoms with Crippen LogP contribution in [0.15, 0.2) is 42.5 Å². The number of benzene rings is 2. The SMILES string of the molecule is O=C(Nc1cc(Cl)cc(Cl)c1)C(=O)N1CCN(c2cccc(Cl)c2)CC1. The van der Waals surface area contributed by atoms with Gasteiger partial charge in [-0.3, -0.25) is 9.59 Å². The lowest BCUT2D eigenvalue weighted by molar-refractivity contribution is -0.143. The van der Waals surface area contributed by atoms with E-state index in [0.29, 0.717) is 46.9 Å². The maximum absolute atomic E-state index is 12.4. The monoisotopic (exact) mass is 411 g/mol. The van der Waals surface area contributed by atoms with Crippen molar-refractivity contribution in [3.63, 3.8) is 0 Å². The van der Waals surface area contributed by atoms with E-state index in [-0.39, 0.29) is 0 Å². The highest BCUT2D eigenvalue weighted by Gasteiger charge is 2.26. The number of hydrogen-bond acceptors (Lipinski definition) is 3. The van der Waals surface area contributed by atoms with E-state index in [0.717, 1.165) is 5.69 Å². The van der Waals surface area contributed by atoms with Gasteiger partial charge in [-0.05, 0) is 36.4 Å². The molecule has 1 fully saturated rings. The van der Waals surface area contributed by atoms with Crippen LogP contribution in [0.25, 0.3) is 0 Å². The Morgan fingerprint density at radius 3 is 2.12 bits per heavy atom. The molecule has 0 atom stereocenters. The fourth-order valence-electron chi connectivity index (χ4n) is 2.79. The summed E-state index contributed by atoms with van der Waals surface area (Å²) in [5.41, 5.74) is 1.39. The smallest absolute Gasteiger partial charge is 0.313 e. The number of nitrogens with zero attached hydrogens (tertiary/aromatic N) is 2. The molecule has 0 aromatic heterocycles. The molecule has 2 aromatic rings. The van der Waals surface area contributed by atoms with Gasteiger partial charge in [0.1, 0.15) is 0 Å². The Bertz CT molecular complexity index is 816. The van der Waals surface area contributed by atoms with Crippen LogP contribution in [-0.2, 0) is 9.59 Å². The van der Waals surface area contributed by atoms with E-state index in [1.54, 1.807) is 6.07 Å². The Morgan fingerprint density at radius 1 is 0.846 bits per heavy atom. The lowest BCUT2D eigenvalue weighted by Crippen LogP contribution is -2.51. The standard InChI is InChI=1S/C18H16Cl3N3O2/c19-12-2-1-3-16(11-12)23-4-6-24(7-5-23)18(26)17(25)22-15-9-13(20)8-14(21)10-15/h1-3,8-11H,4-7H2,(H,22,25). The summed E-state index contributed by atoms with van der Waals surface area (Å²) >= 11 is 17.8. The highest BCUT2D eigenvalue weighted by molar-refractivity contribution is 6.40. The molecular weight excluding hydrogens is 397 g/mol. The van der Waals surface area contributed by atoms with E-state index in [1.165, 1.54) is 17.0 Å². The van der Waals surface area contributed by atoms with Crippen molar-refractivity contribution in [3.8, 4) is 0 Å². The molecule has 5 nitrogen and oxygen atoms in total. The zero-order chi connectivity index (χ0) is 18.7. The van der Waals surface area contributed by atoms with Crippen molar-refractivity contribution in [3.05, 3.63) is 57.5 Å². The van der Waals surface area contributed by atoms with Crippen LogP contribution in [0, 0.1) is 0 Å². The van der Waals surface area contributed by atoms with Crippen molar-refractivity contribution in [2.24, 2.45) is 0 Å². The van der Waals surface area contributed by atoms with Gasteiger partial charge in [0.2, 0.25) is 0 Å². The molecule has 1 saturated heterocycles. The van der Waals surface area contributed by atoms with Crippen LogP contribution in [0.1, 0.15) is 0 Å². The lowest BCUT2D eigenvalue weighted by atomic mass is 10.2. The number of halogens is 3. The third kappa shape index (κ3) is 4.61. The Balaban J connectivity index is 1.58. The molecule has 1 aliphatic rings. The fourth-order valence-corrected chi connectivity index (χ4v) is 3.51. The van der Waals surface area contributed by atoms with Crippen molar-refractivity contribution < 1.29 is 9.59 Å². The molecule has 1 heterocycles. The second kappa shape index (κ2) is 8.16. The maximum Gasteiger partial charge on any atom is 0.313 e. The van der Waals surface area contributed by atoms with Crippen molar-refractivity contribution >= 4 is 58.0 Å². The van der Waals surface area contributed by atoms with E-state index in [9.17, 15) is 9.59 Å². The lowest BCUT2D eigenvalue weighted by Gasteiger charge is -2.35. The normalized spacial score (nSPS) is 14.3. The van der Waals surface area contributed by atoms with E-state index >= 15 is 0 Å². The molecule has 2 amide bonds. The molecule has 0 unspecified atom stereocenters. The van der Waals surface area contributed by atoms with Gasteiger partial charge in [-0.25, -0.2) is 0 Å². The van der Waals surface area contributed by atoms with Crippen LogP contribution in [0.2, 0.25) is 15.1 Å². The number of piperazine rings is 1. The summed E-state index contributed by atoms with van der Waals surface area (Å²) in [6.45, 7) is 2.16.